The third kappa shape index (κ3) is 4.95. The molecule has 0 heterocycles. The molecular formula is C12H17Br2NO2. The zero-order valence-electron chi connectivity index (χ0n) is 9.87. The molecule has 0 radical (unpaired) electrons. The number of phenols is 1. The molecular weight excluding hydrogens is 350 g/mol. The maximum absolute atomic E-state index is 9.58. The Morgan fingerprint density at radius 3 is 2.24 bits per heavy atom. The van der Waals surface area contributed by atoms with E-state index in [1.807, 2.05) is 19.1 Å². The predicted molar refractivity (Wildman–Crippen MR) is 76.1 cm³/mol. The van der Waals surface area contributed by atoms with Crippen molar-refractivity contribution >= 4 is 31.9 Å². The number of phenolic OH excluding ortho intramolecular Hbond substituents is 1. The lowest BCUT2D eigenvalue weighted by Crippen LogP contribution is -2.28. The van der Waals surface area contributed by atoms with Crippen molar-refractivity contribution in [2.24, 2.45) is 0 Å². The summed E-state index contributed by atoms with van der Waals surface area (Å²) >= 11 is 6.59. The molecule has 0 saturated heterocycles. The Labute approximate surface area is 118 Å². The minimum absolute atomic E-state index is 0.214. The highest BCUT2D eigenvalue weighted by molar-refractivity contribution is 9.11. The molecule has 3 N–H and O–H groups in total. The highest BCUT2D eigenvalue weighted by Crippen LogP contribution is 2.33. The van der Waals surface area contributed by atoms with Crippen LogP contribution in [0.3, 0.4) is 0 Å². The summed E-state index contributed by atoms with van der Waals surface area (Å²) < 4.78 is 1.35. The lowest BCUT2D eigenvalue weighted by molar-refractivity contribution is 0.170. The summed E-state index contributed by atoms with van der Waals surface area (Å²) in [5.41, 5.74) is 1.07. The van der Waals surface area contributed by atoms with Crippen LogP contribution in [0.1, 0.15) is 25.8 Å². The molecule has 0 spiro atoms. The molecule has 5 heteroatoms. The minimum atomic E-state index is -0.296. The van der Waals surface area contributed by atoms with Crippen LogP contribution in [0.15, 0.2) is 21.1 Å². The second kappa shape index (κ2) is 6.73. The molecule has 0 aliphatic heterocycles. The topological polar surface area (TPSA) is 52.5 Å². The zero-order valence-corrected chi connectivity index (χ0v) is 13.0. The van der Waals surface area contributed by atoms with E-state index in [4.69, 9.17) is 0 Å². The summed E-state index contributed by atoms with van der Waals surface area (Å²) in [5, 5.41) is 22.2. The van der Waals surface area contributed by atoms with Crippen LogP contribution in [-0.2, 0) is 6.54 Å². The van der Waals surface area contributed by atoms with Crippen LogP contribution in [0.4, 0.5) is 0 Å². The van der Waals surface area contributed by atoms with Crippen molar-refractivity contribution in [2.45, 2.75) is 39.0 Å². The molecule has 2 unspecified atom stereocenters. The van der Waals surface area contributed by atoms with Gasteiger partial charge in [0.1, 0.15) is 5.75 Å². The van der Waals surface area contributed by atoms with Gasteiger partial charge in [0.25, 0.3) is 0 Å². The van der Waals surface area contributed by atoms with Crippen LogP contribution < -0.4 is 5.32 Å². The van der Waals surface area contributed by atoms with Gasteiger partial charge in [0, 0.05) is 12.6 Å². The zero-order chi connectivity index (χ0) is 13.0. The summed E-state index contributed by atoms with van der Waals surface area (Å²) in [7, 11) is 0. The molecule has 1 aromatic rings. The summed E-state index contributed by atoms with van der Waals surface area (Å²) in [6.07, 6.45) is 0.427. The van der Waals surface area contributed by atoms with Crippen molar-refractivity contribution in [1.29, 1.82) is 0 Å². The molecule has 0 amide bonds. The fourth-order valence-electron chi connectivity index (χ4n) is 1.61. The highest BCUT2D eigenvalue weighted by Gasteiger charge is 2.08. The van der Waals surface area contributed by atoms with Crippen LogP contribution >= 0.6 is 31.9 Å². The number of hydrogen-bond donors (Lipinski definition) is 3. The Bertz CT molecular complexity index is 360. The normalized spacial score (nSPS) is 14.6. The highest BCUT2D eigenvalue weighted by atomic mass is 79.9. The number of halogens is 2. The van der Waals surface area contributed by atoms with Crippen LogP contribution in [0.25, 0.3) is 0 Å². The van der Waals surface area contributed by atoms with Crippen LogP contribution in [-0.4, -0.2) is 22.4 Å². The quantitative estimate of drug-likeness (QED) is 0.750. The standard InChI is InChI=1S/C12H17Br2NO2/c1-7(3-8(2)16)15-6-9-4-10(13)12(17)11(14)5-9/h4-5,7-8,15-17H,3,6H2,1-2H3. The van der Waals surface area contributed by atoms with Crippen molar-refractivity contribution in [3.63, 3.8) is 0 Å². The number of hydrogen-bond acceptors (Lipinski definition) is 3. The van der Waals surface area contributed by atoms with Gasteiger partial charge in [-0.2, -0.15) is 0 Å². The smallest absolute Gasteiger partial charge is 0.143 e. The average Bonchev–Trinajstić information content (AvgIpc) is 2.22. The van der Waals surface area contributed by atoms with Crippen LogP contribution in [0, 0.1) is 0 Å². The van der Waals surface area contributed by atoms with E-state index in [-0.39, 0.29) is 17.9 Å². The van der Waals surface area contributed by atoms with E-state index in [0.717, 1.165) is 12.0 Å². The molecule has 3 nitrogen and oxygen atoms in total. The van der Waals surface area contributed by atoms with Gasteiger partial charge in [-0.05, 0) is 69.8 Å². The molecule has 0 saturated carbocycles. The van der Waals surface area contributed by atoms with E-state index in [1.165, 1.54) is 0 Å². The molecule has 17 heavy (non-hydrogen) atoms. The van der Waals surface area contributed by atoms with Crippen LogP contribution in [0.2, 0.25) is 0 Å². The van der Waals surface area contributed by atoms with Gasteiger partial charge in [-0.1, -0.05) is 0 Å². The number of rotatable bonds is 5. The van der Waals surface area contributed by atoms with Crippen molar-refractivity contribution in [1.82, 2.24) is 5.32 Å². The van der Waals surface area contributed by atoms with Gasteiger partial charge >= 0.3 is 0 Å². The lowest BCUT2D eigenvalue weighted by Gasteiger charge is -2.16. The Kier molecular flexibility index (Phi) is 5.92. The van der Waals surface area contributed by atoms with Gasteiger partial charge in [0.15, 0.2) is 0 Å². The summed E-state index contributed by atoms with van der Waals surface area (Å²) in [6.45, 7) is 4.52. The fourth-order valence-corrected chi connectivity index (χ4v) is 2.89. The van der Waals surface area contributed by atoms with Gasteiger partial charge in [-0.25, -0.2) is 0 Å². The first-order chi connectivity index (χ1) is 7.90. The van der Waals surface area contributed by atoms with Gasteiger partial charge < -0.3 is 15.5 Å². The number of aliphatic hydroxyl groups is 1. The second-order valence-electron chi connectivity index (χ2n) is 4.27. The van der Waals surface area contributed by atoms with E-state index in [0.29, 0.717) is 15.5 Å². The average molecular weight is 367 g/mol. The van der Waals surface area contributed by atoms with Gasteiger partial charge in [-0.3, -0.25) is 0 Å². The monoisotopic (exact) mass is 365 g/mol. The van der Waals surface area contributed by atoms with E-state index < -0.39 is 0 Å². The third-order valence-electron chi connectivity index (χ3n) is 2.43. The van der Waals surface area contributed by atoms with Crippen LogP contribution in [0.5, 0.6) is 5.75 Å². The molecule has 2 atom stereocenters. The van der Waals surface area contributed by atoms with E-state index in [9.17, 15) is 10.2 Å². The fraction of sp³-hybridized carbons (Fsp3) is 0.500. The first-order valence-electron chi connectivity index (χ1n) is 5.48. The summed E-state index contributed by atoms with van der Waals surface area (Å²) in [5.74, 6) is 0.214. The molecule has 0 bridgehead atoms. The molecule has 0 fully saturated rings. The number of aliphatic hydroxyl groups excluding tert-OH is 1. The first-order valence-corrected chi connectivity index (χ1v) is 7.07. The largest absolute Gasteiger partial charge is 0.506 e. The second-order valence-corrected chi connectivity index (χ2v) is 5.98. The third-order valence-corrected chi connectivity index (χ3v) is 3.63. The molecule has 96 valence electrons. The molecule has 1 rings (SSSR count). The lowest BCUT2D eigenvalue weighted by atomic mass is 10.1. The molecule has 0 aliphatic carbocycles. The summed E-state index contributed by atoms with van der Waals surface area (Å²) in [6, 6.07) is 4.01. The van der Waals surface area contributed by atoms with E-state index in [2.05, 4.69) is 37.2 Å². The maximum atomic E-state index is 9.58. The number of nitrogens with one attached hydrogen (secondary N) is 1. The van der Waals surface area contributed by atoms with Crippen molar-refractivity contribution in [3.8, 4) is 5.75 Å². The summed E-state index contributed by atoms with van der Waals surface area (Å²) in [4.78, 5) is 0. The SMILES string of the molecule is CC(O)CC(C)NCc1cc(Br)c(O)c(Br)c1. The van der Waals surface area contributed by atoms with E-state index >= 15 is 0 Å². The molecule has 0 aliphatic rings. The van der Waals surface area contributed by atoms with Gasteiger partial charge in [0.05, 0.1) is 15.0 Å². The molecule has 0 aromatic heterocycles. The molecule has 1 aromatic carbocycles. The Morgan fingerprint density at radius 1 is 1.24 bits per heavy atom. The van der Waals surface area contributed by atoms with Crippen molar-refractivity contribution < 1.29 is 10.2 Å². The Balaban J connectivity index is 2.58. The van der Waals surface area contributed by atoms with Crippen molar-refractivity contribution in [3.05, 3.63) is 26.6 Å². The maximum Gasteiger partial charge on any atom is 0.143 e. The van der Waals surface area contributed by atoms with E-state index in [1.54, 1.807) is 6.92 Å². The predicted octanol–water partition coefficient (Wildman–Crippen LogP) is 3.17. The number of aromatic hydroxyl groups is 1. The first kappa shape index (κ1) is 15.0. The van der Waals surface area contributed by atoms with Gasteiger partial charge in [0.2, 0.25) is 0 Å². The van der Waals surface area contributed by atoms with Crippen molar-refractivity contribution in [2.75, 3.05) is 0 Å². The number of benzene rings is 1. The Morgan fingerprint density at radius 2 is 1.76 bits per heavy atom. The minimum Gasteiger partial charge on any atom is -0.506 e. The Hall–Kier alpha value is -0.100. The van der Waals surface area contributed by atoms with Gasteiger partial charge in [-0.15, -0.1) is 0 Å².